The molecule has 0 radical (unpaired) electrons. The summed E-state index contributed by atoms with van der Waals surface area (Å²) >= 11 is 0. The highest BCUT2D eigenvalue weighted by molar-refractivity contribution is 5.88. The summed E-state index contributed by atoms with van der Waals surface area (Å²) in [6, 6.07) is 0. The molecule has 2 aliphatic carbocycles. The molecule has 19 heavy (non-hydrogen) atoms. The van der Waals surface area contributed by atoms with E-state index in [-0.39, 0.29) is 35.7 Å². The minimum absolute atomic E-state index is 0.0628. The van der Waals surface area contributed by atoms with Gasteiger partial charge in [-0.3, -0.25) is 14.4 Å². The van der Waals surface area contributed by atoms with E-state index in [2.05, 4.69) is 11.9 Å². The van der Waals surface area contributed by atoms with E-state index in [1.54, 1.807) is 6.08 Å². The first kappa shape index (κ1) is 12.2. The molecular formula is C13H15NO5. The summed E-state index contributed by atoms with van der Waals surface area (Å²) in [6.07, 6.45) is 3.22. The van der Waals surface area contributed by atoms with Crippen LogP contribution in [0.3, 0.4) is 0 Å². The Bertz CT molecular complexity index is 462. The summed E-state index contributed by atoms with van der Waals surface area (Å²) < 4.78 is 10.0. The Balaban J connectivity index is 1.67. The van der Waals surface area contributed by atoms with E-state index in [1.807, 2.05) is 0 Å². The fourth-order valence-corrected chi connectivity index (χ4v) is 3.13. The van der Waals surface area contributed by atoms with Crippen molar-refractivity contribution in [3.63, 3.8) is 0 Å². The van der Waals surface area contributed by atoms with Crippen molar-refractivity contribution in [3.8, 4) is 0 Å². The van der Waals surface area contributed by atoms with Crippen LogP contribution in [0, 0.1) is 17.8 Å². The van der Waals surface area contributed by atoms with Crippen LogP contribution in [0.15, 0.2) is 12.7 Å². The summed E-state index contributed by atoms with van der Waals surface area (Å²) in [7, 11) is 0. The number of rotatable bonds is 5. The Hall–Kier alpha value is -1.85. The lowest BCUT2D eigenvalue weighted by atomic mass is 9.95. The van der Waals surface area contributed by atoms with Crippen LogP contribution in [-0.2, 0) is 23.9 Å². The van der Waals surface area contributed by atoms with Gasteiger partial charge in [-0.2, -0.15) is 0 Å². The van der Waals surface area contributed by atoms with E-state index >= 15 is 0 Å². The fraction of sp³-hybridized carbons (Fsp3) is 0.615. The second-order valence-electron chi connectivity index (χ2n) is 5.38. The number of carbonyl (C=O) groups is 3. The molecule has 0 aromatic rings. The molecule has 0 aromatic heterocycles. The van der Waals surface area contributed by atoms with E-state index in [4.69, 9.17) is 9.47 Å². The van der Waals surface area contributed by atoms with Gasteiger partial charge in [0.2, 0.25) is 5.91 Å². The summed E-state index contributed by atoms with van der Waals surface area (Å²) in [5.74, 6) is -1.32. The summed E-state index contributed by atoms with van der Waals surface area (Å²) in [5, 5.41) is 2.75. The Morgan fingerprint density at radius 2 is 2.32 bits per heavy atom. The number of carbonyl (C=O) groups excluding carboxylic acids is 3. The molecule has 6 nitrogen and oxygen atoms in total. The maximum atomic E-state index is 12.2. The normalized spacial score (nSPS) is 42.4. The lowest BCUT2D eigenvalue weighted by Crippen LogP contribution is -2.46. The van der Waals surface area contributed by atoms with E-state index in [0.717, 1.165) is 0 Å². The maximum absolute atomic E-state index is 12.2. The van der Waals surface area contributed by atoms with Crippen molar-refractivity contribution in [2.24, 2.45) is 17.8 Å². The van der Waals surface area contributed by atoms with Crippen LogP contribution in [-0.4, -0.2) is 30.2 Å². The molecule has 3 fully saturated rings. The molecule has 1 amide bonds. The van der Waals surface area contributed by atoms with Crippen molar-refractivity contribution in [1.29, 1.82) is 0 Å². The van der Waals surface area contributed by atoms with Crippen molar-refractivity contribution in [3.05, 3.63) is 12.7 Å². The van der Waals surface area contributed by atoms with Gasteiger partial charge in [0.05, 0.1) is 11.8 Å². The van der Waals surface area contributed by atoms with Gasteiger partial charge in [0.1, 0.15) is 6.10 Å². The first-order valence-electron chi connectivity index (χ1n) is 6.36. The van der Waals surface area contributed by atoms with Crippen LogP contribution >= 0.6 is 0 Å². The van der Waals surface area contributed by atoms with Gasteiger partial charge in [-0.25, -0.2) is 0 Å². The van der Waals surface area contributed by atoms with Crippen LogP contribution < -0.4 is 5.32 Å². The molecule has 2 bridgehead atoms. The SMILES string of the molecule is C=CC1CC1(NC(=O)C1CC2CC1C(=O)O2)OC=O. The van der Waals surface area contributed by atoms with Gasteiger partial charge in [-0.1, -0.05) is 6.08 Å². The van der Waals surface area contributed by atoms with E-state index in [1.165, 1.54) is 0 Å². The Labute approximate surface area is 110 Å². The number of fused-ring (bicyclic) bond motifs is 2. The Kier molecular flexibility index (Phi) is 2.62. The number of hydrogen-bond donors (Lipinski definition) is 1. The second kappa shape index (κ2) is 4.08. The number of hydrogen-bond acceptors (Lipinski definition) is 5. The zero-order valence-electron chi connectivity index (χ0n) is 10.3. The highest BCUT2D eigenvalue weighted by Crippen LogP contribution is 2.47. The van der Waals surface area contributed by atoms with Crippen LogP contribution in [0.1, 0.15) is 19.3 Å². The minimum Gasteiger partial charge on any atom is -0.462 e. The molecule has 1 heterocycles. The van der Waals surface area contributed by atoms with Crippen LogP contribution in [0.25, 0.3) is 0 Å². The molecular weight excluding hydrogens is 250 g/mol. The van der Waals surface area contributed by atoms with Gasteiger partial charge >= 0.3 is 5.97 Å². The Morgan fingerprint density at radius 3 is 2.84 bits per heavy atom. The van der Waals surface area contributed by atoms with Crippen LogP contribution in [0.2, 0.25) is 0 Å². The van der Waals surface area contributed by atoms with Gasteiger partial charge in [-0.15, -0.1) is 6.58 Å². The first-order chi connectivity index (χ1) is 9.09. The Morgan fingerprint density at radius 1 is 1.53 bits per heavy atom. The zero-order chi connectivity index (χ0) is 13.6. The molecule has 6 heteroatoms. The minimum atomic E-state index is -0.952. The molecule has 1 aliphatic heterocycles. The average molecular weight is 265 g/mol. The first-order valence-corrected chi connectivity index (χ1v) is 6.36. The molecule has 5 unspecified atom stereocenters. The number of nitrogens with one attached hydrogen (secondary N) is 1. The molecule has 0 spiro atoms. The summed E-state index contributed by atoms with van der Waals surface area (Å²) in [5.41, 5.74) is -0.952. The van der Waals surface area contributed by atoms with Crippen molar-refractivity contribution in [2.75, 3.05) is 0 Å². The average Bonchev–Trinajstić information content (AvgIpc) is 2.72. The van der Waals surface area contributed by atoms with E-state index in [9.17, 15) is 14.4 Å². The van der Waals surface area contributed by atoms with E-state index < -0.39 is 5.72 Å². The highest BCUT2D eigenvalue weighted by Gasteiger charge is 2.59. The quantitative estimate of drug-likeness (QED) is 0.331. The highest BCUT2D eigenvalue weighted by atomic mass is 16.6. The fourth-order valence-electron chi connectivity index (χ4n) is 3.13. The summed E-state index contributed by atoms with van der Waals surface area (Å²) in [4.78, 5) is 34.2. The molecule has 1 N–H and O–H groups in total. The standard InChI is InChI=1S/C13H15NO5/c1-2-7-5-13(7,18-6-15)14-11(16)9-3-8-4-10(9)12(17)19-8/h2,6-10H,1,3-5H2,(H,14,16). The molecule has 2 saturated carbocycles. The van der Waals surface area contributed by atoms with Crippen molar-refractivity contribution in [1.82, 2.24) is 5.32 Å². The topological polar surface area (TPSA) is 81.7 Å². The molecule has 1 saturated heterocycles. The second-order valence-corrected chi connectivity index (χ2v) is 5.38. The van der Waals surface area contributed by atoms with Gasteiger partial charge in [0.15, 0.2) is 5.72 Å². The number of esters is 1. The van der Waals surface area contributed by atoms with Crippen molar-refractivity contribution >= 4 is 18.3 Å². The third-order valence-corrected chi connectivity index (χ3v) is 4.28. The molecule has 102 valence electrons. The number of amides is 1. The predicted octanol–water partition coefficient (Wildman–Crippen LogP) is 0.129. The predicted molar refractivity (Wildman–Crippen MR) is 62.4 cm³/mol. The van der Waals surface area contributed by atoms with Crippen molar-refractivity contribution < 1.29 is 23.9 Å². The van der Waals surface area contributed by atoms with E-state index in [0.29, 0.717) is 25.7 Å². The smallest absolute Gasteiger partial charge is 0.310 e. The van der Waals surface area contributed by atoms with Gasteiger partial charge in [0.25, 0.3) is 6.47 Å². The van der Waals surface area contributed by atoms with Gasteiger partial charge in [0, 0.05) is 12.3 Å². The lowest BCUT2D eigenvalue weighted by Gasteiger charge is -2.23. The van der Waals surface area contributed by atoms with Crippen LogP contribution in [0.4, 0.5) is 0 Å². The van der Waals surface area contributed by atoms with Crippen LogP contribution in [0.5, 0.6) is 0 Å². The van der Waals surface area contributed by atoms with Gasteiger partial charge in [-0.05, 0) is 12.8 Å². The monoisotopic (exact) mass is 265 g/mol. The molecule has 0 aromatic carbocycles. The lowest BCUT2D eigenvalue weighted by molar-refractivity contribution is -0.156. The molecule has 3 rings (SSSR count). The van der Waals surface area contributed by atoms with Gasteiger partial charge < -0.3 is 14.8 Å². The maximum Gasteiger partial charge on any atom is 0.310 e. The summed E-state index contributed by atoms with van der Waals surface area (Å²) in [6.45, 7) is 3.97. The largest absolute Gasteiger partial charge is 0.462 e. The molecule has 5 atom stereocenters. The number of ether oxygens (including phenoxy) is 2. The third-order valence-electron chi connectivity index (χ3n) is 4.28. The zero-order valence-corrected chi connectivity index (χ0v) is 10.3. The molecule has 3 aliphatic rings. The third kappa shape index (κ3) is 1.82. The van der Waals surface area contributed by atoms with Crippen molar-refractivity contribution in [2.45, 2.75) is 31.1 Å².